The van der Waals surface area contributed by atoms with E-state index in [1.807, 2.05) is 30.3 Å². The van der Waals surface area contributed by atoms with E-state index in [1.54, 1.807) is 0 Å². The molecule has 1 aromatic carbocycles. The van der Waals surface area contributed by atoms with Crippen LogP contribution in [-0.4, -0.2) is 25.4 Å². The summed E-state index contributed by atoms with van der Waals surface area (Å²) in [6.45, 7) is 2.33. The minimum atomic E-state index is -3.40. The summed E-state index contributed by atoms with van der Waals surface area (Å²) in [6.07, 6.45) is 9.27. The number of unbranched alkanes of at least 4 members (excludes halogenated alkanes) is 5. The predicted molar refractivity (Wildman–Crippen MR) is 105 cm³/mol. The van der Waals surface area contributed by atoms with E-state index < -0.39 is 21.1 Å². The molecule has 4 nitrogen and oxygen atoms in total. The van der Waals surface area contributed by atoms with E-state index in [-0.39, 0.29) is 18.3 Å². The third-order valence-corrected chi connectivity index (χ3v) is 7.41. The van der Waals surface area contributed by atoms with E-state index in [0.29, 0.717) is 6.42 Å². The van der Waals surface area contributed by atoms with Crippen molar-refractivity contribution in [2.24, 2.45) is 5.92 Å². The van der Waals surface area contributed by atoms with Crippen LogP contribution >= 0.6 is 0 Å². The molecule has 0 spiro atoms. The quantitative estimate of drug-likeness (QED) is 0.437. The monoisotopic (exact) mass is 380 g/mol. The molecule has 0 N–H and O–H groups in total. The normalized spacial score (nSPS) is 22.0. The average Bonchev–Trinajstić information content (AvgIpc) is 2.63. The maximum Gasteiger partial charge on any atom is 0.324 e. The van der Waals surface area contributed by atoms with Gasteiger partial charge in [-0.25, -0.2) is 8.42 Å². The van der Waals surface area contributed by atoms with Crippen molar-refractivity contribution in [1.82, 2.24) is 0 Å². The van der Waals surface area contributed by atoms with Gasteiger partial charge in [0, 0.05) is 0 Å². The number of hydrogen-bond acceptors (Lipinski definition) is 4. The summed E-state index contributed by atoms with van der Waals surface area (Å²) in [5.74, 6) is -0.557. The van der Waals surface area contributed by atoms with Crippen LogP contribution in [0.3, 0.4) is 0 Å². The standard InChI is InChI=1S/C21H32O4S/c1-2-3-4-5-6-10-14-19-15-11-16-26(23,24)20(19)21(22)25-17-18-12-8-7-9-13-18/h7-9,12-13,19-20H,2-6,10-11,14-17H2,1H3/t19-,20+/m1/s1. The Morgan fingerprint density at radius 1 is 1.08 bits per heavy atom. The zero-order valence-corrected chi connectivity index (χ0v) is 16.7. The van der Waals surface area contributed by atoms with Crippen LogP contribution in [0.5, 0.6) is 0 Å². The third-order valence-electron chi connectivity index (χ3n) is 5.20. The minimum Gasteiger partial charge on any atom is -0.460 e. The number of benzene rings is 1. The third kappa shape index (κ3) is 6.42. The molecule has 1 aromatic rings. The zero-order valence-electron chi connectivity index (χ0n) is 15.9. The van der Waals surface area contributed by atoms with Gasteiger partial charge in [-0.05, 0) is 30.7 Å². The van der Waals surface area contributed by atoms with Crippen molar-refractivity contribution in [1.29, 1.82) is 0 Å². The van der Waals surface area contributed by atoms with Crippen molar-refractivity contribution in [2.75, 3.05) is 5.75 Å². The van der Waals surface area contributed by atoms with E-state index in [0.717, 1.165) is 31.2 Å². The van der Waals surface area contributed by atoms with Gasteiger partial charge in [0.1, 0.15) is 6.61 Å². The SMILES string of the molecule is CCCCCCCC[C@@H]1CCCS(=O)(=O)[C@@H]1C(=O)OCc1ccccc1. The molecule has 1 saturated heterocycles. The molecule has 0 radical (unpaired) electrons. The van der Waals surface area contributed by atoms with E-state index in [1.165, 1.54) is 25.7 Å². The second-order valence-corrected chi connectivity index (χ2v) is 9.58. The molecule has 5 heteroatoms. The van der Waals surface area contributed by atoms with Crippen LogP contribution < -0.4 is 0 Å². The summed E-state index contributed by atoms with van der Waals surface area (Å²) in [6, 6.07) is 9.39. The highest BCUT2D eigenvalue weighted by atomic mass is 32.2. The lowest BCUT2D eigenvalue weighted by Gasteiger charge is -2.29. The molecule has 2 atom stereocenters. The molecule has 1 aliphatic rings. The van der Waals surface area contributed by atoms with Gasteiger partial charge in [-0.2, -0.15) is 0 Å². The lowest BCUT2D eigenvalue weighted by molar-refractivity contribution is -0.145. The summed E-state index contributed by atoms with van der Waals surface area (Å²) < 4.78 is 30.4. The first-order valence-electron chi connectivity index (χ1n) is 9.96. The topological polar surface area (TPSA) is 60.4 Å². The molecular formula is C21H32O4S. The van der Waals surface area contributed by atoms with Crippen LogP contribution in [0, 0.1) is 5.92 Å². The Balaban J connectivity index is 1.90. The molecule has 0 bridgehead atoms. The van der Waals surface area contributed by atoms with Gasteiger partial charge >= 0.3 is 5.97 Å². The summed E-state index contributed by atoms with van der Waals surface area (Å²) in [7, 11) is -3.40. The minimum absolute atomic E-state index is 0.0943. The van der Waals surface area contributed by atoms with Crippen LogP contribution in [-0.2, 0) is 26.0 Å². The molecular weight excluding hydrogens is 348 g/mol. The number of ether oxygens (including phenoxy) is 1. The molecule has 1 aliphatic heterocycles. The van der Waals surface area contributed by atoms with Crippen molar-refractivity contribution >= 4 is 15.8 Å². The molecule has 26 heavy (non-hydrogen) atoms. The highest BCUT2D eigenvalue weighted by molar-refractivity contribution is 7.92. The Bertz CT molecular complexity index is 639. The predicted octanol–water partition coefficient (Wildman–Crippen LogP) is 4.67. The largest absolute Gasteiger partial charge is 0.460 e. The zero-order chi connectivity index (χ0) is 18.8. The second-order valence-electron chi connectivity index (χ2n) is 7.34. The molecule has 2 rings (SSSR count). The molecule has 0 saturated carbocycles. The molecule has 1 fully saturated rings. The van der Waals surface area contributed by atoms with E-state index in [4.69, 9.17) is 4.74 Å². The first-order valence-corrected chi connectivity index (χ1v) is 11.7. The fourth-order valence-corrected chi connectivity index (χ4v) is 5.79. The van der Waals surface area contributed by atoms with E-state index >= 15 is 0 Å². The van der Waals surface area contributed by atoms with Gasteiger partial charge in [-0.1, -0.05) is 75.8 Å². The van der Waals surface area contributed by atoms with Gasteiger partial charge in [0.15, 0.2) is 15.1 Å². The number of hydrogen-bond donors (Lipinski definition) is 0. The van der Waals surface area contributed by atoms with Crippen molar-refractivity contribution in [3.05, 3.63) is 35.9 Å². The van der Waals surface area contributed by atoms with Crippen molar-refractivity contribution in [3.63, 3.8) is 0 Å². The van der Waals surface area contributed by atoms with Gasteiger partial charge in [-0.15, -0.1) is 0 Å². The number of carbonyl (C=O) groups excluding carboxylic acids is 1. The maximum atomic E-state index is 12.6. The molecule has 0 unspecified atom stereocenters. The number of sulfone groups is 1. The lowest BCUT2D eigenvalue weighted by Crippen LogP contribution is -2.43. The second kappa shape index (κ2) is 10.7. The molecule has 146 valence electrons. The van der Waals surface area contributed by atoms with Crippen molar-refractivity contribution < 1.29 is 17.9 Å². The Kier molecular flexibility index (Phi) is 8.63. The highest BCUT2D eigenvalue weighted by Crippen LogP contribution is 2.31. The number of carbonyl (C=O) groups is 1. The van der Waals surface area contributed by atoms with Gasteiger partial charge in [0.25, 0.3) is 0 Å². The van der Waals surface area contributed by atoms with Crippen LogP contribution in [0.1, 0.15) is 70.3 Å². The summed E-state index contributed by atoms with van der Waals surface area (Å²) in [5, 5.41) is -0.976. The average molecular weight is 381 g/mol. The lowest BCUT2D eigenvalue weighted by atomic mass is 9.92. The van der Waals surface area contributed by atoms with E-state index in [9.17, 15) is 13.2 Å². The molecule has 0 aliphatic carbocycles. The summed E-state index contributed by atoms with van der Waals surface area (Å²) >= 11 is 0. The molecule has 0 amide bonds. The Hall–Kier alpha value is -1.36. The number of rotatable bonds is 10. The van der Waals surface area contributed by atoms with Crippen LogP contribution in [0.4, 0.5) is 0 Å². The number of esters is 1. The van der Waals surface area contributed by atoms with Crippen molar-refractivity contribution in [2.45, 2.75) is 76.6 Å². The van der Waals surface area contributed by atoms with Gasteiger partial charge in [-0.3, -0.25) is 4.79 Å². The van der Waals surface area contributed by atoms with Gasteiger partial charge < -0.3 is 4.74 Å². The summed E-state index contributed by atoms with van der Waals surface area (Å²) in [4.78, 5) is 12.6. The van der Waals surface area contributed by atoms with E-state index in [2.05, 4.69) is 6.92 Å². The van der Waals surface area contributed by atoms with Crippen molar-refractivity contribution in [3.8, 4) is 0 Å². The fourth-order valence-electron chi connectivity index (χ4n) is 3.75. The Labute approximate surface area is 158 Å². The molecule has 1 heterocycles. The maximum absolute atomic E-state index is 12.6. The smallest absolute Gasteiger partial charge is 0.324 e. The molecule has 0 aromatic heterocycles. The Morgan fingerprint density at radius 3 is 2.50 bits per heavy atom. The van der Waals surface area contributed by atoms with Crippen LogP contribution in [0.25, 0.3) is 0 Å². The first kappa shape index (κ1) is 20.9. The van der Waals surface area contributed by atoms with Crippen LogP contribution in [0.15, 0.2) is 30.3 Å². The highest BCUT2D eigenvalue weighted by Gasteiger charge is 2.42. The fraction of sp³-hybridized carbons (Fsp3) is 0.667. The first-order chi connectivity index (χ1) is 12.5. The van der Waals surface area contributed by atoms with Gasteiger partial charge in [0.2, 0.25) is 0 Å². The van der Waals surface area contributed by atoms with Gasteiger partial charge in [0.05, 0.1) is 5.75 Å². The Morgan fingerprint density at radius 2 is 1.77 bits per heavy atom. The van der Waals surface area contributed by atoms with Crippen LogP contribution in [0.2, 0.25) is 0 Å². The summed E-state index contributed by atoms with van der Waals surface area (Å²) in [5.41, 5.74) is 0.876.